The Kier molecular flexibility index (Phi) is 5.58. The molecule has 0 radical (unpaired) electrons. The van der Waals surface area contributed by atoms with Gasteiger partial charge in [-0.25, -0.2) is 0 Å². The van der Waals surface area contributed by atoms with Crippen molar-refractivity contribution in [2.75, 3.05) is 18.1 Å². The van der Waals surface area contributed by atoms with Gasteiger partial charge in [0.2, 0.25) is 0 Å². The molecule has 0 saturated heterocycles. The van der Waals surface area contributed by atoms with Gasteiger partial charge in [-0.3, -0.25) is 24.1 Å². The number of anilines is 1. The number of hydrogen-bond acceptors (Lipinski definition) is 5. The Labute approximate surface area is 158 Å². The summed E-state index contributed by atoms with van der Waals surface area (Å²) in [5.41, 5.74) is 0.660. The van der Waals surface area contributed by atoms with Crippen LogP contribution < -0.4 is 10.2 Å². The van der Waals surface area contributed by atoms with Crippen LogP contribution in [0.25, 0.3) is 0 Å². The number of fused-ring (bicyclic) bond motifs is 1. The lowest BCUT2D eigenvalue weighted by Crippen LogP contribution is -2.45. The number of para-hydroxylation sites is 1. The molecular formula is C20H24N2O5. The van der Waals surface area contributed by atoms with Crippen LogP contribution in [0.3, 0.4) is 0 Å². The third-order valence-corrected chi connectivity index (χ3v) is 5.58. The number of carbonyl (C=O) groups excluding carboxylic acids is 4. The van der Waals surface area contributed by atoms with Crippen molar-refractivity contribution in [3.05, 3.63) is 29.8 Å². The normalized spacial score (nSPS) is 24.5. The fourth-order valence-electron chi connectivity index (χ4n) is 3.76. The predicted molar refractivity (Wildman–Crippen MR) is 98.2 cm³/mol. The highest BCUT2D eigenvalue weighted by molar-refractivity contribution is 6.52. The van der Waals surface area contributed by atoms with Gasteiger partial charge in [-0.15, -0.1) is 0 Å². The van der Waals surface area contributed by atoms with Crippen LogP contribution in [-0.2, 0) is 19.1 Å². The molecule has 1 N–H and O–H groups in total. The second kappa shape index (κ2) is 7.90. The number of benzene rings is 1. The first-order valence-corrected chi connectivity index (χ1v) is 9.28. The summed E-state index contributed by atoms with van der Waals surface area (Å²) in [4.78, 5) is 49.2. The van der Waals surface area contributed by atoms with Crippen molar-refractivity contribution in [2.45, 2.75) is 39.2 Å². The molecule has 0 bridgehead atoms. The largest absolute Gasteiger partial charge is 0.454 e. The predicted octanol–water partition coefficient (Wildman–Crippen LogP) is 1.70. The monoisotopic (exact) mass is 372 g/mol. The van der Waals surface area contributed by atoms with E-state index in [9.17, 15) is 19.2 Å². The fourth-order valence-corrected chi connectivity index (χ4v) is 3.76. The van der Waals surface area contributed by atoms with Crippen LogP contribution in [0.4, 0.5) is 5.69 Å². The van der Waals surface area contributed by atoms with Gasteiger partial charge in [-0.1, -0.05) is 38.8 Å². The molecule has 1 aliphatic carbocycles. The summed E-state index contributed by atoms with van der Waals surface area (Å²) in [5.74, 6) is -1.56. The Morgan fingerprint density at radius 1 is 1.19 bits per heavy atom. The molecule has 7 nitrogen and oxygen atoms in total. The number of ether oxygens (including phenoxy) is 1. The van der Waals surface area contributed by atoms with E-state index in [1.165, 1.54) is 0 Å². The highest BCUT2D eigenvalue weighted by Gasteiger charge is 2.37. The quantitative estimate of drug-likeness (QED) is 0.627. The molecule has 1 aliphatic heterocycles. The maximum absolute atomic E-state index is 12.1. The molecule has 1 aromatic carbocycles. The van der Waals surface area contributed by atoms with E-state index in [1.54, 1.807) is 24.3 Å². The van der Waals surface area contributed by atoms with Crippen molar-refractivity contribution in [3.63, 3.8) is 0 Å². The topological polar surface area (TPSA) is 92.8 Å². The van der Waals surface area contributed by atoms with Crippen LogP contribution in [0.5, 0.6) is 0 Å². The van der Waals surface area contributed by atoms with Crippen LogP contribution in [0.1, 0.15) is 43.5 Å². The van der Waals surface area contributed by atoms with E-state index >= 15 is 0 Å². The molecule has 1 heterocycles. The van der Waals surface area contributed by atoms with Gasteiger partial charge in [-0.2, -0.15) is 0 Å². The zero-order chi connectivity index (χ0) is 19.6. The zero-order valence-electron chi connectivity index (χ0n) is 15.6. The first-order chi connectivity index (χ1) is 12.9. The maximum atomic E-state index is 12.1. The maximum Gasteiger partial charge on any atom is 0.326 e. The minimum Gasteiger partial charge on any atom is -0.454 e. The van der Waals surface area contributed by atoms with Crippen LogP contribution in [-0.4, -0.2) is 42.8 Å². The highest BCUT2D eigenvalue weighted by atomic mass is 16.5. The van der Waals surface area contributed by atoms with Crippen molar-refractivity contribution in [3.8, 4) is 0 Å². The standard InChI is InChI=1S/C20H24N2O5/c1-12-6-5-8-15(13(12)2)21-17(23)11-27-18(24)10-22-16-9-4-3-7-14(16)19(25)20(22)26/h3-4,7,9,12-13,15H,5-6,8,10-11H2,1-2H3,(H,21,23)/t12-,13+,15+/m0/s1. The molecular weight excluding hydrogens is 348 g/mol. The second-order valence-electron chi connectivity index (χ2n) is 7.34. The van der Waals surface area contributed by atoms with Gasteiger partial charge in [-0.05, 0) is 30.4 Å². The Balaban J connectivity index is 1.51. The van der Waals surface area contributed by atoms with Gasteiger partial charge in [0.15, 0.2) is 6.61 Å². The first kappa shape index (κ1) is 19.1. The molecule has 1 saturated carbocycles. The molecule has 3 rings (SSSR count). The number of amides is 2. The number of Topliss-reactive ketones (excluding diaryl/α,β-unsaturated/α-hetero) is 1. The first-order valence-electron chi connectivity index (χ1n) is 9.28. The van der Waals surface area contributed by atoms with E-state index in [-0.39, 0.29) is 17.5 Å². The number of rotatable bonds is 5. The van der Waals surface area contributed by atoms with Gasteiger partial charge in [0.1, 0.15) is 6.54 Å². The number of esters is 1. The average molecular weight is 372 g/mol. The van der Waals surface area contributed by atoms with Gasteiger partial charge < -0.3 is 10.1 Å². The lowest BCUT2D eigenvalue weighted by atomic mass is 9.78. The third-order valence-electron chi connectivity index (χ3n) is 5.58. The van der Waals surface area contributed by atoms with E-state index < -0.39 is 30.8 Å². The third kappa shape index (κ3) is 4.02. The lowest BCUT2D eigenvalue weighted by molar-refractivity contribution is -0.147. The summed E-state index contributed by atoms with van der Waals surface area (Å²) in [5, 5.41) is 2.93. The van der Waals surface area contributed by atoms with Crippen molar-refractivity contribution in [1.82, 2.24) is 5.32 Å². The summed E-state index contributed by atoms with van der Waals surface area (Å²) in [7, 11) is 0. The summed E-state index contributed by atoms with van der Waals surface area (Å²) in [6, 6.07) is 6.57. The number of carbonyl (C=O) groups is 4. The molecule has 0 spiro atoms. The molecule has 27 heavy (non-hydrogen) atoms. The summed E-state index contributed by atoms with van der Waals surface area (Å²) < 4.78 is 5.01. The smallest absolute Gasteiger partial charge is 0.326 e. The molecule has 7 heteroatoms. The molecule has 0 aromatic heterocycles. The minimum atomic E-state index is -0.761. The zero-order valence-corrected chi connectivity index (χ0v) is 15.6. The Morgan fingerprint density at radius 3 is 2.70 bits per heavy atom. The molecule has 144 valence electrons. The summed E-state index contributed by atoms with van der Waals surface area (Å²) in [6.07, 6.45) is 3.15. The number of ketones is 1. The van der Waals surface area contributed by atoms with E-state index in [4.69, 9.17) is 4.74 Å². The van der Waals surface area contributed by atoms with Gasteiger partial charge in [0, 0.05) is 6.04 Å². The number of nitrogens with one attached hydrogen (secondary N) is 1. The van der Waals surface area contributed by atoms with Crippen molar-refractivity contribution < 1.29 is 23.9 Å². The van der Waals surface area contributed by atoms with Crippen LogP contribution >= 0.6 is 0 Å². The number of nitrogens with zero attached hydrogens (tertiary/aromatic N) is 1. The molecule has 3 atom stereocenters. The Hall–Kier alpha value is -2.70. The molecule has 1 fully saturated rings. The SMILES string of the molecule is C[C@@H]1[C@@H](C)CCC[C@H]1NC(=O)COC(=O)CN1C(=O)C(=O)c2ccccc21. The molecule has 1 aromatic rings. The van der Waals surface area contributed by atoms with E-state index in [2.05, 4.69) is 19.2 Å². The minimum absolute atomic E-state index is 0.0876. The molecule has 2 aliphatic rings. The van der Waals surface area contributed by atoms with E-state index in [1.807, 2.05) is 0 Å². The van der Waals surface area contributed by atoms with Crippen molar-refractivity contribution in [2.24, 2.45) is 11.8 Å². The van der Waals surface area contributed by atoms with E-state index in [0.29, 0.717) is 17.5 Å². The van der Waals surface area contributed by atoms with Gasteiger partial charge >= 0.3 is 5.97 Å². The van der Waals surface area contributed by atoms with Crippen LogP contribution in [0.15, 0.2) is 24.3 Å². The van der Waals surface area contributed by atoms with Crippen molar-refractivity contribution >= 4 is 29.3 Å². The highest BCUT2D eigenvalue weighted by Crippen LogP contribution is 2.29. The second-order valence-corrected chi connectivity index (χ2v) is 7.34. The van der Waals surface area contributed by atoms with Gasteiger partial charge in [0.05, 0.1) is 11.3 Å². The average Bonchev–Trinajstić information content (AvgIpc) is 2.89. The summed E-state index contributed by atoms with van der Waals surface area (Å²) >= 11 is 0. The molecule has 2 amide bonds. The van der Waals surface area contributed by atoms with Gasteiger partial charge in [0.25, 0.3) is 17.6 Å². The van der Waals surface area contributed by atoms with E-state index in [0.717, 1.165) is 24.2 Å². The van der Waals surface area contributed by atoms with Crippen LogP contribution in [0, 0.1) is 11.8 Å². The summed E-state index contributed by atoms with van der Waals surface area (Å²) in [6.45, 7) is 3.50. The molecule has 0 unspecified atom stereocenters. The van der Waals surface area contributed by atoms with Crippen molar-refractivity contribution in [1.29, 1.82) is 0 Å². The number of hydrogen-bond donors (Lipinski definition) is 1. The Morgan fingerprint density at radius 2 is 1.93 bits per heavy atom. The Bertz CT molecular complexity index is 775. The van der Waals surface area contributed by atoms with Crippen LogP contribution in [0.2, 0.25) is 0 Å². The fraction of sp³-hybridized carbons (Fsp3) is 0.500. The lowest BCUT2D eigenvalue weighted by Gasteiger charge is -2.34.